The first-order valence-electron chi connectivity index (χ1n) is 7.19. The molecule has 5 nitrogen and oxygen atoms in total. The molecule has 4 rings (SSSR count). The number of hydrogen-bond acceptors (Lipinski definition) is 4. The van der Waals surface area contributed by atoms with Crippen LogP contribution < -0.4 is 0 Å². The van der Waals surface area contributed by atoms with Gasteiger partial charge < -0.3 is 9.42 Å². The predicted octanol–water partition coefficient (Wildman–Crippen LogP) is 3.49. The highest BCUT2D eigenvalue weighted by atomic mass is 35.5. The van der Waals surface area contributed by atoms with Crippen molar-refractivity contribution in [2.45, 2.75) is 24.7 Å². The largest absolute Gasteiger partial charge is 0.339 e. The Kier molecular flexibility index (Phi) is 3.35. The monoisotopic (exact) mass is 337 g/mol. The quantitative estimate of drug-likeness (QED) is 0.860. The first-order valence-corrected chi connectivity index (χ1v) is 7.95. The van der Waals surface area contributed by atoms with E-state index in [1.165, 1.54) is 0 Å². The van der Waals surface area contributed by atoms with E-state index in [0.717, 1.165) is 18.7 Å². The Labute approximate surface area is 137 Å². The zero-order valence-corrected chi connectivity index (χ0v) is 13.1. The zero-order valence-electron chi connectivity index (χ0n) is 11.6. The van der Waals surface area contributed by atoms with Crippen LogP contribution in [0.25, 0.3) is 0 Å². The lowest BCUT2D eigenvalue weighted by Gasteiger charge is -2.37. The second-order valence-corrected chi connectivity index (χ2v) is 6.64. The number of likely N-dealkylation sites (tertiary alicyclic amines) is 1. The summed E-state index contributed by atoms with van der Waals surface area (Å²) >= 11 is 11.9. The van der Waals surface area contributed by atoms with Gasteiger partial charge in [-0.05, 0) is 31.0 Å². The molecule has 1 saturated carbocycles. The summed E-state index contributed by atoms with van der Waals surface area (Å²) < 4.78 is 5.30. The standard InChI is InChI=1S/C15H13Cl2N3O2/c16-10-3-4-11(12(17)5-10)15(21)20-6-9(7-20)14-18-13(19-22-14)8-1-2-8/h3-5,8-9H,1-2,6-7H2. The SMILES string of the molecule is O=C(c1ccc(Cl)cc1Cl)N1CC(c2nc(C3CC3)no2)C1. The molecule has 0 bridgehead atoms. The van der Waals surface area contributed by atoms with Crippen LogP contribution in [0.3, 0.4) is 0 Å². The minimum Gasteiger partial charge on any atom is -0.339 e. The number of aromatic nitrogens is 2. The van der Waals surface area contributed by atoms with Gasteiger partial charge in [0.1, 0.15) is 0 Å². The number of rotatable bonds is 3. The third kappa shape index (κ3) is 2.48. The van der Waals surface area contributed by atoms with Gasteiger partial charge in [-0.1, -0.05) is 28.4 Å². The van der Waals surface area contributed by atoms with Gasteiger partial charge in [0.2, 0.25) is 5.89 Å². The molecule has 2 fully saturated rings. The number of carbonyl (C=O) groups excluding carboxylic acids is 1. The minimum atomic E-state index is -0.0974. The number of hydrogen-bond donors (Lipinski definition) is 0. The second kappa shape index (κ2) is 5.25. The van der Waals surface area contributed by atoms with Gasteiger partial charge in [0, 0.05) is 24.0 Å². The Morgan fingerprint density at radius 1 is 1.23 bits per heavy atom. The van der Waals surface area contributed by atoms with Crippen LogP contribution in [0, 0.1) is 0 Å². The second-order valence-electron chi connectivity index (χ2n) is 5.80. The summed E-state index contributed by atoms with van der Waals surface area (Å²) in [5, 5.41) is 4.89. The summed E-state index contributed by atoms with van der Waals surface area (Å²) in [6.45, 7) is 1.15. The van der Waals surface area contributed by atoms with Gasteiger partial charge in [-0.3, -0.25) is 4.79 Å². The van der Waals surface area contributed by atoms with Crippen LogP contribution in [0.2, 0.25) is 10.0 Å². The zero-order chi connectivity index (χ0) is 15.3. The van der Waals surface area contributed by atoms with E-state index in [4.69, 9.17) is 27.7 Å². The summed E-state index contributed by atoms with van der Waals surface area (Å²) in [6, 6.07) is 4.89. The third-order valence-electron chi connectivity index (χ3n) is 4.08. The molecule has 1 aliphatic heterocycles. The van der Waals surface area contributed by atoms with Crippen LogP contribution in [0.4, 0.5) is 0 Å². The molecule has 1 aromatic heterocycles. The van der Waals surface area contributed by atoms with Crippen LogP contribution >= 0.6 is 23.2 Å². The van der Waals surface area contributed by atoms with Crippen molar-refractivity contribution >= 4 is 29.1 Å². The van der Waals surface area contributed by atoms with Crippen molar-refractivity contribution in [3.63, 3.8) is 0 Å². The molecule has 1 aromatic carbocycles. The summed E-state index contributed by atoms with van der Waals surface area (Å²) in [6.07, 6.45) is 2.28. The molecule has 1 amide bonds. The van der Waals surface area contributed by atoms with Crippen molar-refractivity contribution < 1.29 is 9.32 Å². The van der Waals surface area contributed by atoms with Gasteiger partial charge in [-0.2, -0.15) is 4.98 Å². The van der Waals surface area contributed by atoms with Gasteiger partial charge >= 0.3 is 0 Å². The molecule has 0 atom stereocenters. The van der Waals surface area contributed by atoms with Gasteiger partial charge in [-0.25, -0.2) is 0 Å². The van der Waals surface area contributed by atoms with Crippen molar-refractivity contribution in [3.05, 3.63) is 45.5 Å². The minimum absolute atomic E-state index is 0.0974. The molecule has 0 spiro atoms. The lowest BCUT2D eigenvalue weighted by molar-refractivity contribution is 0.0569. The number of benzene rings is 1. The Hall–Kier alpha value is -1.59. The number of carbonyl (C=O) groups is 1. The predicted molar refractivity (Wildman–Crippen MR) is 81.4 cm³/mol. The molecule has 0 N–H and O–H groups in total. The van der Waals surface area contributed by atoms with Crippen LogP contribution in [0.5, 0.6) is 0 Å². The summed E-state index contributed by atoms with van der Waals surface area (Å²) in [7, 11) is 0. The molecule has 2 heterocycles. The molecule has 7 heteroatoms. The van der Waals surface area contributed by atoms with E-state index in [9.17, 15) is 4.79 Å². The van der Waals surface area contributed by atoms with Crippen molar-refractivity contribution in [1.82, 2.24) is 15.0 Å². The Morgan fingerprint density at radius 2 is 2.00 bits per heavy atom. The highest BCUT2D eigenvalue weighted by Gasteiger charge is 2.38. The maximum atomic E-state index is 12.4. The highest BCUT2D eigenvalue weighted by molar-refractivity contribution is 6.36. The Morgan fingerprint density at radius 3 is 2.68 bits per heavy atom. The van der Waals surface area contributed by atoms with E-state index >= 15 is 0 Å². The van der Waals surface area contributed by atoms with E-state index in [1.54, 1.807) is 23.1 Å². The molecule has 2 aliphatic rings. The van der Waals surface area contributed by atoms with E-state index in [-0.39, 0.29) is 11.8 Å². The topological polar surface area (TPSA) is 59.2 Å². The number of halogens is 2. The molecular weight excluding hydrogens is 325 g/mol. The van der Waals surface area contributed by atoms with E-state index in [2.05, 4.69) is 10.1 Å². The van der Waals surface area contributed by atoms with Gasteiger partial charge in [0.15, 0.2) is 5.82 Å². The fourth-order valence-corrected chi connectivity index (χ4v) is 3.04. The lowest BCUT2D eigenvalue weighted by Crippen LogP contribution is -2.48. The van der Waals surface area contributed by atoms with Crippen molar-refractivity contribution in [1.29, 1.82) is 0 Å². The summed E-state index contributed by atoms with van der Waals surface area (Å²) in [5.41, 5.74) is 0.466. The molecule has 1 aliphatic carbocycles. The Balaban J connectivity index is 1.42. The maximum absolute atomic E-state index is 12.4. The molecule has 2 aromatic rings. The normalized spacial score (nSPS) is 18.4. The molecular formula is C15H13Cl2N3O2. The van der Waals surface area contributed by atoms with Crippen molar-refractivity contribution in [3.8, 4) is 0 Å². The molecule has 0 unspecified atom stereocenters. The van der Waals surface area contributed by atoms with Crippen LogP contribution in [-0.2, 0) is 0 Å². The highest BCUT2D eigenvalue weighted by Crippen LogP contribution is 2.39. The van der Waals surface area contributed by atoms with Gasteiger partial charge in [0.05, 0.1) is 16.5 Å². The van der Waals surface area contributed by atoms with E-state index in [1.807, 2.05) is 0 Å². The third-order valence-corrected chi connectivity index (χ3v) is 4.63. The molecule has 114 valence electrons. The molecule has 1 saturated heterocycles. The molecule has 0 radical (unpaired) electrons. The van der Waals surface area contributed by atoms with Crippen LogP contribution in [0.15, 0.2) is 22.7 Å². The van der Waals surface area contributed by atoms with Crippen molar-refractivity contribution in [2.24, 2.45) is 0 Å². The fourth-order valence-electron chi connectivity index (χ4n) is 2.55. The van der Waals surface area contributed by atoms with E-state index < -0.39 is 0 Å². The van der Waals surface area contributed by atoms with Crippen LogP contribution in [-0.4, -0.2) is 34.0 Å². The average molecular weight is 338 g/mol. The van der Waals surface area contributed by atoms with Crippen molar-refractivity contribution in [2.75, 3.05) is 13.1 Å². The van der Waals surface area contributed by atoms with Gasteiger partial charge in [-0.15, -0.1) is 0 Å². The summed E-state index contributed by atoms with van der Waals surface area (Å²) in [4.78, 5) is 18.5. The van der Waals surface area contributed by atoms with E-state index in [0.29, 0.717) is 40.5 Å². The first kappa shape index (κ1) is 14.0. The lowest BCUT2D eigenvalue weighted by atomic mass is 9.98. The molecule has 22 heavy (non-hydrogen) atoms. The average Bonchev–Trinajstić information content (AvgIpc) is 3.17. The Bertz CT molecular complexity index is 736. The smallest absolute Gasteiger partial charge is 0.255 e. The first-order chi connectivity index (χ1) is 10.6. The summed E-state index contributed by atoms with van der Waals surface area (Å²) in [5.74, 6) is 1.94. The maximum Gasteiger partial charge on any atom is 0.255 e. The van der Waals surface area contributed by atoms with Crippen LogP contribution in [0.1, 0.15) is 46.8 Å². The number of amides is 1. The van der Waals surface area contributed by atoms with Gasteiger partial charge in [0.25, 0.3) is 5.91 Å². The fraction of sp³-hybridized carbons (Fsp3) is 0.400. The number of nitrogens with zero attached hydrogens (tertiary/aromatic N) is 3.